The van der Waals surface area contributed by atoms with Crippen LogP contribution in [0.1, 0.15) is 35.5 Å². The van der Waals surface area contributed by atoms with E-state index < -0.39 is 6.04 Å². The number of fused-ring (bicyclic) bond motifs is 1. The van der Waals surface area contributed by atoms with E-state index in [4.69, 9.17) is 10.7 Å². The van der Waals surface area contributed by atoms with Gasteiger partial charge in [-0.25, -0.2) is 9.97 Å². The zero-order valence-corrected chi connectivity index (χ0v) is 17.2. The largest absolute Gasteiger partial charge is 0.368 e. The molecular weight excluding hydrogens is 390 g/mol. The molecule has 0 saturated carbocycles. The number of aromatic nitrogens is 4. The molecule has 154 valence electrons. The normalized spacial score (nSPS) is 11.8. The molecule has 31 heavy (non-hydrogen) atoms. The van der Waals surface area contributed by atoms with Crippen LogP contribution in [-0.4, -0.2) is 19.5 Å². The first-order chi connectivity index (χ1) is 15.0. The molecule has 2 heterocycles. The molecule has 4 aromatic rings. The van der Waals surface area contributed by atoms with Gasteiger partial charge in [-0.05, 0) is 31.0 Å². The lowest BCUT2D eigenvalue weighted by atomic mass is 10.1. The van der Waals surface area contributed by atoms with Crippen LogP contribution in [0.15, 0.2) is 59.5 Å². The molecule has 3 N–H and O–H groups in total. The standard InChI is InChI=1S/C23H21N7O/c1-14-7-6-10-18-19(14)22(31)30(13-16-8-4-3-5-9-16)21(28-18)15(2)27-20-17(11-24)12-26-23(25)29-20/h3-10,12,15H,13H2,1-2H3,(H3,25,26,27,29). The number of nitriles is 1. The van der Waals surface area contributed by atoms with Crippen molar-refractivity contribution >= 4 is 22.7 Å². The Balaban J connectivity index is 1.86. The molecule has 0 radical (unpaired) electrons. The third kappa shape index (κ3) is 3.94. The summed E-state index contributed by atoms with van der Waals surface area (Å²) in [4.78, 5) is 26.3. The molecule has 0 spiro atoms. The van der Waals surface area contributed by atoms with Crippen molar-refractivity contribution in [1.82, 2.24) is 19.5 Å². The SMILES string of the molecule is Cc1cccc2nc(C(C)Nc3nc(N)ncc3C#N)n(Cc3ccccc3)c(=O)c12. The number of rotatable bonds is 5. The van der Waals surface area contributed by atoms with E-state index in [1.807, 2.05) is 62.4 Å². The topological polar surface area (TPSA) is 123 Å². The third-order valence-electron chi connectivity index (χ3n) is 5.07. The maximum Gasteiger partial charge on any atom is 0.262 e. The molecule has 2 aromatic carbocycles. The van der Waals surface area contributed by atoms with E-state index >= 15 is 0 Å². The number of hydrogen-bond donors (Lipinski definition) is 2. The number of hydrogen-bond acceptors (Lipinski definition) is 7. The number of nitrogens with two attached hydrogens (primary N) is 1. The summed E-state index contributed by atoms with van der Waals surface area (Å²) in [7, 11) is 0. The van der Waals surface area contributed by atoms with Crippen molar-refractivity contribution in [1.29, 1.82) is 5.26 Å². The predicted octanol–water partition coefficient (Wildman–Crippen LogP) is 3.17. The zero-order valence-electron chi connectivity index (χ0n) is 17.2. The Labute approximate surface area is 179 Å². The van der Waals surface area contributed by atoms with Gasteiger partial charge >= 0.3 is 0 Å². The minimum absolute atomic E-state index is 0.0532. The Bertz CT molecular complexity index is 1360. The van der Waals surface area contributed by atoms with Crippen LogP contribution in [0.5, 0.6) is 0 Å². The molecule has 0 fully saturated rings. The van der Waals surface area contributed by atoms with Crippen LogP contribution < -0.4 is 16.6 Å². The summed E-state index contributed by atoms with van der Waals surface area (Å²) in [5.74, 6) is 0.887. The highest BCUT2D eigenvalue weighted by molar-refractivity contribution is 5.81. The molecule has 8 nitrogen and oxygen atoms in total. The van der Waals surface area contributed by atoms with Gasteiger partial charge in [-0.3, -0.25) is 9.36 Å². The number of nitrogen functional groups attached to an aromatic ring is 1. The lowest BCUT2D eigenvalue weighted by Crippen LogP contribution is -2.29. The molecule has 8 heteroatoms. The van der Waals surface area contributed by atoms with Crippen molar-refractivity contribution in [3.63, 3.8) is 0 Å². The Morgan fingerprint density at radius 2 is 1.94 bits per heavy atom. The van der Waals surface area contributed by atoms with E-state index in [2.05, 4.69) is 21.4 Å². The monoisotopic (exact) mass is 411 g/mol. The van der Waals surface area contributed by atoms with Crippen LogP contribution in [0.25, 0.3) is 10.9 Å². The second-order valence-corrected chi connectivity index (χ2v) is 7.28. The Hall–Kier alpha value is -4.25. The molecule has 0 aliphatic carbocycles. The van der Waals surface area contributed by atoms with Crippen molar-refractivity contribution in [2.45, 2.75) is 26.4 Å². The molecule has 4 rings (SSSR count). The van der Waals surface area contributed by atoms with Gasteiger partial charge in [0.2, 0.25) is 5.95 Å². The van der Waals surface area contributed by atoms with E-state index in [-0.39, 0.29) is 17.1 Å². The van der Waals surface area contributed by atoms with Crippen LogP contribution >= 0.6 is 0 Å². The third-order valence-corrected chi connectivity index (χ3v) is 5.07. The molecule has 1 atom stereocenters. The fourth-order valence-electron chi connectivity index (χ4n) is 3.55. The van der Waals surface area contributed by atoms with Gasteiger partial charge < -0.3 is 11.1 Å². The fraction of sp³-hybridized carbons (Fsp3) is 0.174. The van der Waals surface area contributed by atoms with Gasteiger partial charge in [-0.2, -0.15) is 10.2 Å². The van der Waals surface area contributed by atoms with Crippen molar-refractivity contribution in [2.24, 2.45) is 0 Å². The molecule has 2 aromatic heterocycles. The van der Waals surface area contributed by atoms with E-state index in [9.17, 15) is 10.1 Å². The minimum Gasteiger partial charge on any atom is -0.368 e. The number of anilines is 2. The molecule has 0 bridgehead atoms. The van der Waals surface area contributed by atoms with Crippen molar-refractivity contribution in [3.8, 4) is 6.07 Å². The Kier molecular flexibility index (Phi) is 5.33. The first-order valence-corrected chi connectivity index (χ1v) is 9.81. The smallest absolute Gasteiger partial charge is 0.262 e. The van der Waals surface area contributed by atoms with E-state index in [0.717, 1.165) is 11.1 Å². The fourth-order valence-corrected chi connectivity index (χ4v) is 3.55. The second-order valence-electron chi connectivity index (χ2n) is 7.28. The van der Waals surface area contributed by atoms with Crippen LogP contribution in [0.3, 0.4) is 0 Å². The summed E-state index contributed by atoms with van der Waals surface area (Å²) < 4.78 is 1.67. The highest BCUT2D eigenvalue weighted by Gasteiger charge is 2.19. The van der Waals surface area contributed by atoms with Gasteiger partial charge in [0.05, 0.1) is 29.7 Å². The van der Waals surface area contributed by atoms with Crippen LogP contribution in [0.4, 0.5) is 11.8 Å². The number of benzene rings is 2. The van der Waals surface area contributed by atoms with Crippen molar-refractivity contribution < 1.29 is 0 Å². The predicted molar refractivity (Wildman–Crippen MR) is 119 cm³/mol. The number of aryl methyl sites for hydroxylation is 1. The average Bonchev–Trinajstić information content (AvgIpc) is 2.76. The molecule has 0 saturated heterocycles. The van der Waals surface area contributed by atoms with Crippen LogP contribution in [0.2, 0.25) is 0 Å². The summed E-state index contributed by atoms with van der Waals surface area (Å²) in [6.07, 6.45) is 1.37. The molecule has 0 aliphatic heterocycles. The average molecular weight is 411 g/mol. The van der Waals surface area contributed by atoms with Crippen molar-refractivity contribution in [3.05, 3.63) is 87.6 Å². The second kappa shape index (κ2) is 8.24. The van der Waals surface area contributed by atoms with Gasteiger partial charge in [-0.1, -0.05) is 42.5 Å². The van der Waals surface area contributed by atoms with Gasteiger partial charge in [0.1, 0.15) is 23.3 Å². The molecule has 0 amide bonds. The Morgan fingerprint density at radius 3 is 2.68 bits per heavy atom. The quantitative estimate of drug-likeness (QED) is 0.517. The van der Waals surface area contributed by atoms with Crippen LogP contribution in [-0.2, 0) is 6.54 Å². The molecule has 0 aliphatic rings. The van der Waals surface area contributed by atoms with Gasteiger partial charge in [-0.15, -0.1) is 0 Å². The summed E-state index contributed by atoms with van der Waals surface area (Å²) in [6, 6.07) is 17.0. The highest BCUT2D eigenvalue weighted by Crippen LogP contribution is 2.22. The first-order valence-electron chi connectivity index (χ1n) is 9.81. The maximum atomic E-state index is 13.5. The number of nitrogens with one attached hydrogen (secondary N) is 1. The minimum atomic E-state index is -0.428. The maximum absolute atomic E-state index is 13.5. The van der Waals surface area contributed by atoms with Crippen molar-refractivity contribution in [2.75, 3.05) is 11.1 Å². The van der Waals surface area contributed by atoms with E-state index in [1.165, 1.54) is 6.20 Å². The van der Waals surface area contributed by atoms with Gasteiger partial charge in [0.15, 0.2) is 0 Å². The Morgan fingerprint density at radius 1 is 1.16 bits per heavy atom. The molecule has 1 unspecified atom stereocenters. The van der Waals surface area contributed by atoms with Gasteiger partial charge in [0.25, 0.3) is 5.56 Å². The zero-order chi connectivity index (χ0) is 22.0. The summed E-state index contributed by atoms with van der Waals surface area (Å²) in [5.41, 5.74) is 8.33. The van der Waals surface area contributed by atoms with Gasteiger partial charge in [0, 0.05) is 0 Å². The number of nitrogens with zero attached hydrogens (tertiary/aromatic N) is 5. The van der Waals surface area contributed by atoms with E-state index in [0.29, 0.717) is 29.1 Å². The molecular formula is C23H21N7O. The first kappa shape index (κ1) is 20.0. The van der Waals surface area contributed by atoms with E-state index in [1.54, 1.807) is 4.57 Å². The van der Waals surface area contributed by atoms with Crippen LogP contribution in [0, 0.1) is 18.3 Å². The highest BCUT2D eigenvalue weighted by atomic mass is 16.1. The summed E-state index contributed by atoms with van der Waals surface area (Å²) >= 11 is 0. The lowest BCUT2D eigenvalue weighted by Gasteiger charge is -2.21. The summed E-state index contributed by atoms with van der Waals surface area (Å²) in [5, 5.41) is 13.1. The summed E-state index contributed by atoms with van der Waals surface area (Å²) in [6.45, 7) is 4.14. The lowest BCUT2D eigenvalue weighted by molar-refractivity contribution is 0.639.